The summed E-state index contributed by atoms with van der Waals surface area (Å²) >= 11 is 0. The summed E-state index contributed by atoms with van der Waals surface area (Å²) in [6.07, 6.45) is 1.95. The maximum Gasteiger partial charge on any atom is 0.340 e. The quantitative estimate of drug-likeness (QED) is 0.894. The summed E-state index contributed by atoms with van der Waals surface area (Å²) in [7, 11) is 0. The van der Waals surface area contributed by atoms with Crippen LogP contribution in [-0.4, -0.2) is 35.1 Å². The lowest BCUT2D eigenvalue weighted by atomic mass is 10.1. The Morgan fingerprint density at radius 1 is 1.50 bits per heavy atom. The molecule has 1 heterocycles. The van der Waals surface area contributed by atoms with Crippen LogP contribution in [0.3, 0.4) is 0 Å². The number of hydrogen-bond acceptors (Lipinski definition) is 2. The van der Waals surface area contributed by atoms with Crippen LogP contribution < -0.4 is 5.32 Å². The van der Waals surface area contributed by atoms with Gasteiger partial charge in [0, 0.05) is 13.1 Å². The summed E-state index contributed by atoms with van der Waals surface area (Å²) < 4.78 is 13.5. The summed E-state index contributed by atoms with van der Waals surface area (Å²) in [5, 5.41) is 11.5. The fourth-order valence-corrected chi connectivity index (χ4v) is 2.39. The monoisotopic (exact) mass is 280 g/mol. The molecule has 108 valence electrons. The van der Waals surface area contributed by atoms with Gasteiger partial charge in [0.2, 0.25) is 0 Å². The Morgan fingerprint density at radius 2 is 2.25 bits per heavy atom. The molecule has 1 aliphatic heterocycles. The fraction of sp³-hybridized carbons (Fsp3) is 0.429. The first-order valence-electron chi connectivity index (χ1n) is 6.60. The van der Waals surface area contributed by atoms with Gasteiger partial charge < -0.3 is 15.3 Å². The number of carbonyl (C=O) groups excluding carboxylic acids is 1. The second kappa shape index (κ2) is 5.90. The van der Waals surface area contributed by atoms with Crippen molar-refractivity contribution in [3.8, 4) is 0 Å². The number of nitrogens with zero attached hydrogens (tertiary/aromatic N) is 1. The fourth-order valence-electron chi connectivity index (χ4n) is 2.39. The molecule has 5 nitrogen and oxygen atoms in total. The minimum atomic E-state index is -1.40. The van der Waals surface area contributed by atoms with Crippen LogP contribution in [0.25, 0.3) is 0 Å². The summed E-state index contributed by atoms with van der Waals surface area (Å²) in [5.41, 5.74) is -0.519. The smallest absolute Gasteiger partial charge is 0.340 e. The molecule has 1 unspecified atom stereocenters. The van der Waals surface area contributed by atoms with Crippen molar-refractivity contribution in [1.29, 1.82) is 0 Å². The van der Waals surface area contributed by atoms with E-state index in [1.165, 1.54) is 12.1 Å². The van der Waals surface area contributed by atoms with Crippen LogP contribution in [0, 0.1) is 11.7 Å². The van der Waals surface area contributed by atoms with E-state index < -0.39 is 17.3 Å². The highest BCUT2D eigenvalue weighted by atomic mass is 19.1. The van der Waals surface area contributed by atoms with Crippen molar-refractivity contribution >= 4 is 17.7 Å². The summed E-state index contributed by atoms with van der Waals surface area (Å²) in [5.74, 6) is -1.78. The van der Waals surface area contributed by atoms with Crippen molar-refractivity contribution in [1.82, 2.24) is 4.90 Å². The third kappa shape index (κ3) is 2.89. The van der Waals surface area contributed by atoms with Crippen molar-refractivity contribution in [2.45, 2.75) is 19.8 Å². The number of anilines is 1. The Bertz CT molecular complexity index is 533. The average Bonchev–Trinajstić information content (AvgIpc) is 2.87. The van der Waals surface area contributed by atoms with E-state index in [0.717, 1.165) is 18.9 Å². The van der Waals surface area contributed by atoms with Gasteiger partial charge >= 0.3 is 12.0 Å². The van der Waals surface area contributed by atoms with Crippen LogP contribution in [0.15, 0.2) is 18.2 Å². The third-order valence-electron chi connectivity index (χ3n) is 3.62. The van der Waals surface area contributed by atoms with Gasteiger partial charge in [-0.25, -0.2) is 14.0 Å². The predicted octanol–water partition coefficient (Wildman–Crippen LogP) is 2.79. The van der Waals surface area contributed by atoms with Crippen LogP contribution in [-0.2, 0) is 0 Å². The van der Waals surface area contributed by atoms with E-state index >= 15 is 0 Å². The van der Waals surface area contributed by atoms with E-state index in [2.05, 4.69) is 12.2 Å². The normalized spacial score (nSPS) is 18.1. The number of halogens is 1. The van der Waals surface area contributed by atoms with E-state index in [9.17, 15) is 14.0 Å². The number of benzene rings is 1. The maximum absolute atomic E-state index is 13.5. The maximum atomic E-state index is 13.5. The number of amides is 2. The number of hydrogen-bond donors (Lipinski definition) is 2. The number of urea groups is 1. The molecule has 0 saturated carbocycles. The average molecular weight is 280 g/mol. The molecule has 1 atom stereocenters. The zero-order valence-corrected chi connectivity index (χ0v) is 11.2. The zero-order chi connectivity index (χ0) is 14.7. The predicted molar refractivity (Wildman–Crippen MR) is 72.3 cm³/mol. The lowest BCUT2D eigenvalue weighted by molar-refractivity contribution is 0.0693. The van der Waals surface area contributed by atoms with Crippen molar-refractivity contribution in [3.05, 3.63) is 29.6 Å². The van der Waals surface area contributed by atoms with Gasteiger partial charge in [-0.2, -0.15) is 0 Å². The van der Waals surface area contributed by atoms with Crippen LogP contribution in [0.2, 0.25) is 0 Å². The van der Waals surface area contributed by atoms with Crippen molar-refractivity contribution in [2.24, 2.45) is 5.92 Å². The van der Waals surface area contributed by atoms with Crippen molar-refractivity contribution < 1.29 is 19.1 Å². The Balaban J connectivity index is 2.13. The second-order valence-electron chi connectivity index (χ2n) is 4.91. The van der Waals surface area contributed by atoms with Gasteiger partial charge in [0.05, 0.1) is 5.69 Å². The van der Waals surface area contributed by atoms with E-state index in [1.807, 2.05) is 0 Å². The van der Waals surface area contributed by atoms with Gasteiger partial charge in [-0.05, 0) is 24.5 Å². The van der Waals surface area contributed by atoms with Crippen LogP contribution in [0.4, 0.5) is 14.9 Å². The molecule has 6 heteroatoms. The summed E-state index contributed by atoms with van der Waals surface area (Å²) in [6.45, 7) is 3.36. The number of carboxylic acids is 1. The minimum Gasteiger partial charge on any atom is -0.478 e. The zero-order valence-electron chi connectivity index (χ0n) is 11.2. The first-order valence-corrected chi connectivity index (χ1v) is 6.60. The third-order valence-corrected chi connectivity index (χ3v) is 3.62. The number of carbonyl (C=O) groups is 2. The molecule has 1 aromatic carbocycles. The standard InChI is InChI=1S/C14H17FN2O3/c1-2-9-6-7-17(8-9)14(20)16-11-5-3-4-10(15)12(11)13(18)19/h3-5,9H,2,6-8H2,1H3,(H,16,20)(H,18,19). The molecule has 2 rings (SSSR count). The van der Waals surface area contributed by atoms with Crippen LogP contribution in [0.1, 0.15) is 30.1 Å². The largest absolute Gasteiger partial charge is 0.478 e. The molecule has 1 fully saturated rings. The Morgan fingerprint density at radius 3 is 2.85 bits per heavy atom. The number of rotatable bonds is 3. The molecular weight excluding hydrogens is 263 g/mol. The van der Waals surface area contributed by atoms with Gasteiger partial charge in [0.25, 0.3) is 0 Å². The first-order chi connectivity index (χ1) is 9.52. The molecule has 1 saturated heterocycles. The number of carboxylic acid groups (broad SMARTS) is 1. The highest BCUT2D eigenvalue weighted by molar-refractivity contribution is 6.00. The van der Waals surface area contributed by atoms with E-state index in [4.69, 9.17) is 5.11 Å². The topological polar surface area (TPSA) is 69.6 Å². The van der Waals surface area contributed by atoms with Gasteiger partial charge in [-0.15, -0.1) is 0 Å². The van der Waals surface area contributed by atoms with Gasteiger partial charge in [0.1, 0.15) is 11.4 Å². The molecule has 1 aromatic rings. The Hall–Kier alpha value is -2.11. The highest BCUT2D eigenvalue weighted by Gasteiger charge is 2.26. The molecule has 0 radical (unpaired) electrons. The molecular formula is C14H17FN2O3. The van der Waals surface area contributed by atoms with E-state index in [-0.39, 0.29) is 11.7 Å². The van der Waals surface area contributed by atoms with Crippen LogP contribution >= 0.6 is 0 Å². The molecule has 2 amide bonds. The van der Waals surface area contributed by atoms with Gasteiger partial charge in [0.15, 0.2) is 0 Å². The Labute approximate surface area is 116 Å². The molecule has 0 bridgehead atoms. The number of aromatic carboxylic acids is 1. The number of nitrogens with one attached hydrogen (secondary N) is 1. The van der Waals surface area contributed by atoms with E-state index in [1.54, 1.807) is 4.90 Å². The lowest BCUT2D eigenvalue weighted by Crippen LogP contribution is -2.33. The molecule has 0 aliphatic carbocycles. The van der Waals surface area contributed by atoms with Gasteiger partial charge in [-0.3, -0.25) is 0 Å². The first kappa shape index (κ1) is 14.3. The Kier molecular flexibility index (Phi) is 4.22. The molecule has 20 heavy (non-hydrogen) atoms. The molecule has 0 spiro atoms. The van der Waals surface area contributed by atoms with Crippen molar-refractivity contribution in [2.75, 3.05) is 18.4 Å². The highest BCUT2D eigenvalue weighted by Crippen LogP contribution is 2.22. The van der Waals surface area contributed by atoms with Crippen molar-refractivity contribution in [3.63, 3.8) is 0 Å². The second-order valence-corrected chi connectivity index (χ2v) is 4.91. The van der Waals surface area contributed by atoms with Crippen LogP contribution in [0.5, 0.6) is 0 Å². The molecule has 1 aliphatic rings. The summed E-state index contributed by atoms with van der Waals surface area (Å²) in [4.78, 5) is 24.7. The van der Waals surface area contributed by atoms with Gasteiger partial charge in [-0.1, -0.05) is 19.4 Å². The molecule has 2 N–H and O–H groups in total. The van der Waals surface area contributed by atoms with E-state index in [0.29, 0.717) is 19.0 Å². The molecule has 0 aromatic heterocycles. The minimum absolute atomic E-state index is 0.0116. The number of likely N-dealkylation sites (tertiary alicyclic amines) is 1. The SMILES string of the molecule is CCC1CCN(C(=O)Nc2cccc(F)c2C(=O)O)C1. The lowest BCUT2D eigenvalue weighted by Gasteiger charge is -2.18. The summed E-state index contributed by atoms with van der Waals surface area (Å²) in [6, 6.07) is 3.44.